The Hall–Kier alpha value is -1.88. The number of rotatable bonds is 5. The number of piperidine rings is 1. The summed E-state index contributed by atoms with van der Waals surface area (Å²) in [5.41, 5.74) is 1.30. The quantitative estimate of drug-likeness (QED) is 0.788. The van der Waals surface area contributed by atoms with Gasteiger partial charge in [-0.2, -0.15) is 0 Å². The minimum absolute atomic E-state index is 0.0369. The largest absolute Gasteiger partial charge is 0.508 e. The number of likely N-dealkylation sites (tertiary alicyclic amines) is 1. The van der Waals surface area contributed by atoms with Crippen molar-refractivity contribution in [1.82, 2.24) is 4.90 Å². The van der Waals surface area contributed by atoms with E-state index in [9.17, 15) is 15.3 Å². The monoisotopic (exact) mass is 327 g/mol. The van der Waals surface area contributed by atoms with E-state index in [2.05, 4.69) is 4.90 Å². The maximum absolute atomic E-state index is 10.9. The summed E-state index contributed by atoms with van der Waals surface area (Å²) >= 11 is 0. The molecule has 1 atom stereocenters. The highest BCUT2D eigenvalue weighted by Gasteiger charge is 2.35. The van der Waals surface area contributed by atoms with E-state index in [1.54, 1.807) is 12.1 Å². The lowest BCUT2D eigenvalue weighted by Crippen LogP contribution is -2.49. The van der Waals surface area contributed by atoms with Gasteiger partial charge in [-0.25, -0.2) is 0 Å². The number of benzene rings is 2. The minimum atomic E-state index is -0.768. The highest BCUT2D eigenvalue weighted by atomic mass is 16.3. The van der Waals surface area contributed by atoms with Crippen molar-refractivity contribution >= 4 is 0 Å². The zero-order valence-electron chi connectivity index (χ0n) is 13.8. The third kappa shape index (κ3) is 3.78. The lowest BCUT2D eigenvalue weighted by Gasteiger charge is -2.41. The van der Waals surface area contributed by atoms with Crippen LogP contribution in [0.25, 0.3) is 0 Å². The van der Waals surface area contributed by atoms with Gasteiger partial charge in [-0.15, -0.1) is 0 Å². The van der Waals surface area contributed by atoms with E-state index < -0.39 is 5.60 Å². The molecule has 1 aliphatic rings. The second-order valence-corrected chi connectivity index (χ2v) is 6.64. The molecule has 24 heavy (non-hydrogen) atoms. The van der Waals surface area contributed by atoms with Crippen molar-refractivity contribution in [3.05, 3.63) is 65.7 Å². The molecule has 1 saturated heterocycles. The summed E-state index contributed by atoms with van der Waals surface area (Å²) in [7, 11) is 0. The molecule has 2 aromatic carbocycles. The van der Waals surface area contributed by atoms with E-state index in [1.807, 2.05) is 42.5 Å². The third-order valence-corrected chi connectivity index (χ3v) is 5.07. The first-order valence-electron chi connectivity index (χ1n) is 8.51. The zero-order valence-corrected chi connectivity index (χ0v) is 13.8. The molecule has 1 fully saturated rings. The Bertz CT molecular complexity index is 634. The van der Waals surface area contributed by atoms with Crippen LogP contribution in [0.15, 0.2) is 54.6 Å². The van der Waals surface area contributed by atoms with Gasteiger partial charge in [-0.3, -0.25) is 4.90 Å². The van der Waals surface area contributed by atoms with Crippen LogP contribution in [-0.4, -0.2) is 46.0 Å². The molecule has 0 bridgehead atoms. The van der Waals surface area contributed by atoms with Gasteiger partial charge in [0.1, 0.15) is 5.75 Å². The molecule has 3 N–H and O–H groups in total. The Labute approximate surface area is 143 Å². The van der Waals surface area contributed by atoms with Crippen molar-refractivity contribution in [3.8, 4) is 5.75 Å². The summed E-state index contributed by atoms with van der Waals surface area (Å²) in [6, 6.07) is 17.0. The van der Waals surface area contributed by atoms with E-state index >= 15 is 0 Å². The molecule has 0 amide bonds. The number of nitrogens with zero attached hydrogens (tertiary/aromatic N) is 1. The predicted molar refractivity (Wildman–Crippen MR) is 93.8 cm³/mol. The van der Waals surface area contributed by atoms with Gasteiger partial charge in [0.05, 0.1) is 12.2 Å². The molecule has 0 aliphatic carbocycles. The van der Waals surface area contributed by atoms with E-state index in [0.717, 1.165) is 30.6 Å². The number of aliphatic hydroxyl groups is 2. The van der Waals surface area contributed by atoms with Crippen LogP contribution in [0.5, 0.6) is 5.75 Å². The van der Waals surface area contributed by atoms with Gasteiger partial charge in [0.2, 0.25) is 0 Å². The molecular weight excluding hydrogens is 302 g/mol. The van der Waals surface area contributed by atoms with Gasteiger partial charge in [0, 0.05) is 19.1 Å². The average Bonchev–Trinajstić information content (AvgIpc) is 2.63. The first-order valence-corrected chi connectivity index (χ1v) is 8.51. The normalized spacial score (nSPS) is 19.1. The number of aliphatic hydroxyl groups excluding tert-OH is 1. The first-order chi connectivity index (χ1) is 11.6. The van der Waals surface area contributed by atoms with Crippen molar-refractivity contribution < 1.29 is 15.3 Å². The predicted octanol–water partition coefficient (Wildman–Crippen LogP) is 2.28. The second kappa shape index (κ2) is 7.34. The summed E-state index contributed by atoms with van der Waals surface area (Å²) in [6.45, 7) is 1.61. The van der Waals surface area contributed by atoms with Crippen LogP contribution in [-0.2, 0) is 12.0 Å². The van der Waals surface area contributed by atoms with Crippen LogP contribution in [0.2, 0.25) is 0 Å². The molecular formula is C20H25NO3. The Balaban J connectivity index is 1.63. The van der Waals surface area contributed by atoms with Gasteiger partial charge < -0.3 is 15.3 Å². The number of phenolic OH excluding ortho intramolecular Hbond substituents is 1. The highest BCUT2D eigenvalue weighted by molar-refractivity contribution is 5.27. The van der Waals surface area contributed by atoms with Gasteiger partial charge in [0.25, 0.3) is 0 Å². The molecule has 0 aromatic heterocycles. The van der Waals surface area contributed by atoms with E-state index in [-0.39, 0.29) is 18.4 Å². The van der Waals surface area contributed by atoms with Crippen molar-refractivity contribution in [2.24, 2.45) is 0 Å². The van der Waals surface area contributed by atoms with Crippen LogP contribution in [0.1, 0.15) is 24.0 Å². The third-order valence-electron chi connectivity index (χ3n) is 5.07. The van der Waals surface area contributed by atoms with E-state index in [4.69, 9.17) is 0 Å². The van der Waals surface area contributed by atoms with Crippen LogP contribution in [0.3, 0.4) is 0 Å². The van der Waals surface area contributed by atoms with Crippen molar-refractivity contribution in [1.29, 1.82) is 0 Å². The zero-order chi connectivity index (χ0) is 17.0. The topological polar surface area (TPSA) is 63.9 Å². The molecule has 1 heterocycles. The first kappa shape index (κ1) is 17.0. The maximum Gasteiger partial charge on any atom is 0.115 e. The molecule has 0 spiro atoms. The van der Waals surface area contributed by atoms with Gasteiger partial charge >= 0.3 is 0 Å². The second-order valence-electron chi connectivity index (χ2n) is 6.64. The number of hydrogen-bond donors (Lipinski definition) is 3. The number of phenols is 1. The van der Waals surface area contributed by atoms with Crippen molar-refractivity contribution in [2.45, 2.75) is 30.9 Å². The van der Waals surface area contributed by atoms with Crippen LogP contribution in [0, 0.1) is 0 Å². The molecule has 128 valence electrons. The Kier molecular flexibility index (Phi) is 5.19. The lowest BCUT2D eigenvalue weighted by molar-refractivity contribution is -0.0411. The number of aromatic hydroxyl groups is 1. The lowest BCUT2D eigenvalue weighted by atomic mass is 9.84. The highest BCUT2D eigenvalue weighted by Crippen LogP contribution is 2.33. The van der Waals surface area contributed by atoms with E-state index in [0.29, 0.717) is 12.8 Å². The minimum Gasteiger partial charge on any atom is -0.508 e. The summed E-state index contributed by atoms with van der Waals surface area (Å²) in [6.07, 6.45) is 2.08. The Morgan fingerprint density at radius 1 is 0.958 bits per heavy atom. The summed E-state index contributed by atoms with van der Waals surface area (Å²) in [5, 5.41) is 30.1. The van der Waals surface area contributed by atoms with E-state index in [1.165, 1.54) is 0 Å². The standard InChI is InChI=1S/C20H25NO3/c22-15-18(14-16-6-8-19(23)9-7-16)21-12-10-20(24,11-13-21)17-4-2-1-3-5-17/h1-9,18,22-24H,10-15H2. The van der Waals surface area contributed by atoms with Crippen LogP contribution >= 0.6 is 0 Å². The number of hydrogen-bond acceptors (Lipinski definition) is 4. The Morgan fingerprint density at radius 2 is 1.58 bits per heavy atom. The fourth-order valence-electron chi connectivity index (χ4n) is 3.51. The van der Waals surface area contributed by atoms with Crippen molar-refractivity contribution in [2.75, 3.05) is 19.7 Å². The summed E-state index contributed by atoms with van der Waals surface area (Å²) in [5.74, 6) is 0.255. The van der Waals surface area contributed by atoms with Crippen LogP contribution in [0.4, 0.5) is 0 Å². The van der Waals surface area contributed by atoms with Gasteiger partial charge in [-0.1, -0.05) is 42.5 Å². The smallest absolute Gasteiger partial charge is 0.115 e. The van der Waals surface area contributed by atoms with Crippen LogP contribution < -0.4 is 0 Å². The summed E-state index contributed by atoms with van der Waals surface area (Å²) < 4.78 is 0. The molecule has 0 saturated carbocycles. The molecule has 1 unspecified atom stereocenters. The summed E-state index contributed by atoms with van der Waals surface area (Å²) in [4.78, 5) is 2.25. The van der Waals surface area contributed by atoms with Gasteiger partial charge in [-0.05, 0) is 42.5 Å². The fourth-order valence-corrected chi connectivity index (χ4v) is 3.51. The molecule has 3 rings (SSSR count). The molecule has 0 radical (unpaired) electrons. The molecule has 4 heteroatoms. The molecule has 2 aromatic rings. The Morgan fingerprint density at radius 3 is 2.17 bits per heavy atom. The average molecular weight is 327 g/mol. The SMILES string of the molecule is OCC(Cc1ccc(O)cc1)N1CCC(O)(c2ccccc2)CC1. The molecule has 4 nitrogen and oxygen atoms in total. The van der Waals surface area contributed by atoms with Crippen molar-refractivity contribution in [3.63, 3.8) is 0 Å². The maximum atomic E-state index is 10.9. The molecule has 1 aliphatic heterocycles. The van der Waals surface area contributed by atoms with Gasteiger partial charge in [0.15, 0.2) is 0 Å². The fraction of sp³-hybridized carbons (Fsp3) is 0.400.